The number of rotatable bonds is 8. The topological polar surface area (TPSA) is 134 Å². The molecule has 1 aliphatic heterocycles. The SMILES string of the molecule is CC(O)C(NC(=O)CC1COCCC1NC(=O)OCC1c2ccccc2-c2ccccc21)C(=O)O. The monoisotopic (exact) mass is 482 g/mol. The molecule has 186 valence electrons. The van der Waals surface area contributed by atoms with Crippen molar-refractivity contribution in [2.45, 2.75) is 43.9 Å². The lowest BCUT2D eigenvalue weighted by atomic mass is 9.92. The van der Waals surface area contributed by atoms with Gasteiger partial charge in [0.05, 0.1) is 12.7 Å². The number of hydrogen-bond acceptors (Lipinski definition) is 6. The van der Waals surface area contributed by atoms with Crippen LogP contribution < -0.4 is 10.6 Å². The van der Waals surface area contributed by atoms with Gasteiger partial charge >= 0.3 is 12.1 Å². The molecule has 4 atom stereocenters. The van der Waals surface area contributed by atoms with Crippen LogP contribution in [0.1, 0.15) is 36.8 Å². The molecule has 2 aliphatic rings. The number of benzene rings is 2. The Bertz CT molecular complexity index is 1040. The zero-order valence-electron chi connectivity index (χ0n) is 19.5. The van der Waals surface area contributed by atoms with Crippen LogP contribution in [0.5, 0.6) is 0 Å². The van der Waals surface area contributed by atoms with Gasteiger partial charge in [-0.05, 0) is 35.6 Å². The number of carbonyl (C=O) groups excluding carboxylic acids is 2. The number of aliphatic hydroxyl groups is 1. The van der Waals surface area contributed by atoms with E-state index in [2.05, 4.69) is 22.8 Å². The Morgan fingerprint density at radius 3 is 2.31 bits per heavy atom. The maximum Gasteiger partial charge on any atom is 0.407 e. The molecular weight excluding hydrogens is 452 g/mol. The van der Waals surface area contributed by atoms with Gasteiger partial charge in [0.1, 0.15) is 6.61 Å². The summed E-state index contributed by atoms with van der Waals surface area (Å²) >= 11 is 0. The number of carboxylic acid groups (broad SMARTS) is 1. The number of ether oxygens (including phenoxy) is 2. The second kappa shape index (κ2) is 10.9. The van der Waals surface area contributed by atoms with E-state index in [1.165, 1.54) is 6.92 Å². The zero-order valence-corrected chi connectivity index (χ0v) is 19.5. The average Bonchev–Trinajstić information content (AvgIpc) is 3.16. The van der Waals surface area contributed by atoms with Gasteiger partial charge in [0, 0.05) is 30.9 Å². The summed E-state index contributed by atoms with van der Waals surface area (Å²) in [5.74, 6) is -2.26. The first-order valence-electron chi connectivity index (χ1n) is 11.7. The summed E-state index contributed by atoms with van der Waals surface area (Å²) < 4.78 is 11.1. The molecule has 1 saturated heterocycles. The van der Waals surface area contributed by atoms with E-state index in [1.54, 1.807) is 0 Å². The fraction of sp³-hybridized carbons (Fsp3) is 0.423. The minimum atomic E-state index is -1.40. The molecule has 0 radical (unpaired) electrons. The molecule has 0 saturated carbocycles. The fourth-order valence-corrected chi connectivity index (χ4v) is 4.84. The highest BCUT2D eigenvalue weighted by molar-refractivity contribution is 5.84. The summed E-state index contributed by atoms with van der Waals surface area (Å²) in [6.45, 7) is 2.15. The molecule has 4 unspecified atom stereocenters. The van der Waals surface area contributed by atoms with Gasteiger partial charge in [0.25, 0.3) is 0 Å². The Morgan fingerprint density at radius 1 is 1.09 bits per heavy atom. The van der Waals surface area contributed by atoms with Crippen molar-refractivity contribution in [1.82, 2.24) is 10.6 Å². The minimum absolute atomic E-state index is 0.0508. The molecule has 2 aromatic rings. The molecule has 9 nitrogen and oxygen atoms in total. The normalized spacial score (nSPS) is 20.7. The van der Waals surface area contributed by atoms with E-state index in [4.69, 9.17) is 14.6 Å². The average molecular weight is 483 g/mol. The van der Waals surface area contributed by atoms with Crippen LogP contribution in [0.4, 0.5) is 4.79 Å². The molecule has 1 fully saturated rings. The second-order valence-electron chi connectivity index (χ2n) is 9.03. The first-order chi connectivity index (χ1) is 16.8. The predicted octanol–water partition coefficient (Wildman–Crippen LogP) is 2.27. The van der Waals surface area contributed by atoms with E-state index < -0.39 is 30.1 Å². The van der Waals surface area contributed by atoms with Crippen molar-refractivity contribution in [3.05, 3.63) is 59.7 Å². The van der Waals surface area contributed by atoms with Gasteiger partial charge < -0.3 is 30.3 Å². The first kappa shape index (κ1) is 24.7. The molecule has 2 amide bonds. The number of nitrogens with one attached hydrogen (secondary N) is 2. The Kier molecular flexibility index (Phi) is 7.67. The van der Waals surface area contributed by atoms with Gasteiger partial charge in [0.15, 0.2) is 6.04 Å². The fourth-order valence-electron chi connectivity index (χ4n) is 4.84. The van der Waals surface area contributed by atoms with Gasteiger partial charge in [-0.25, -0.2) is 9.59 Å². The molecule has 35 heavy (non-hydrogen) atoms. The van der Waals surface area contributed by atoms with Gasteiger partial charge in [0.2, 0.25) is 5.91 Å². The molecule has 1 aliphatic carbocycles. The third-order valence-corrected chi connectivity index (χ3v) is 6.63. The molecule has 4 rings (SSSR count). The number of hydrogen-bond donors (Lipinski definition) is 4. The number of aliphatic hydroxyl groups excluding tert-OH is 1. The zero-order chi connectivity index (χ0) is 24.9. The van der Waals surface area contributed by atoms with Gasteiger partial charge in [-0.1, -0.05) is 48.5 Å². The molecule has 0 aromatic heterocycles. The predicted molar refractivity (Wildman–Crippen MR) is 127 cm³/mol. The van der Waals surface area contributed by atoms with Crippen molar-refractivity contribution in [3.63, 3.8) is 0 Å². The highest BCUT2D eigenvalue weighted by Crippen LogP contribution is 2.44. The Hall–Kier alpha value is -3.43. The molecule has 1 heterocycles. The van der Waals surface area contributed by atoms with Crippen molar-refractivity contribution < 1.29 is 34.1 Å². The van der Waals surface area contributed by atoms with E-state index in [0.29, 0.717) is 13.0 Å². The van der Waals surface area contributed by atoms with E-state index in [0.717, 1.165) is 22.3 Å². The Labute approximate surface area is 203 Å². The van der Waals surface area contributed by atoms with E-state index in [1.807, 2.05) is 36.4 Å². The highest BCUT2D eigenvalue weighted by atomic mass is 16.5. The molecule has 9 heteroatoms. The van der Waals surface area contributed by atoms with Crippen LogP contribution in [-0.2, 0) is 19.1 Å². The van der Waals surface area contributed by atoms with Crippen LogP contribution in [0.15, 0.2) is 48.5 Å². The molecule has 4 N–H and O–H groups in total. The quantitative estimate of drug-likeness (QED) is 0.453. The second-order valence-corrected chi connectivity index (χ2v) is 9.03. The van der Waals surface area contributed by atoms with Gasteiger partial charge in [-0.2, -0.15) is 0 Å². The van der Waals surface area contributed by atoms with Crippen LogP contribution in [-0.4, -0.2) is 66.2 Å². The summed E-state index contributed by atoms with van der Waals surface area (Å²) in [5.41, 5.74) is 4.52. The number of aliphatic carboxylic acids is 1. The minimum Gasteiger partial charge on any atom is -0.480 e. The van der Waals surface area contributed by atoms with E-state index >= 15 is 0 Å². The number of carboxylic acids is 1. The van der Waals surface area contributed by atoms with Crippen LogP contribution in [0.3, 0.4) is 0 Å². The third kappa shape index (κ3) is 5.63. The van der Waals surface area contributed by atoms with Crippen molar-refractivity contribution in [1.29, 1.82) is 0 Å². The first-order valence-corrected chi connectivity index (χ1v) is 11.7. The summed E-state index contributed by atoms with van der Waals surface area (Å²) in [6, 6.07) is 14.4. The Balaban J connectivity index is 1.35. The van der Waals surface area contributed by atoms with Crippen LogP contribution in [0, 0.1) is 5.92 Å². The largest absolute Gasteiger partial charge is 0.480 e. The molecule has 0 bridgehead atoms. The van der Waals surface area contributed by atoms with Crippen molar-refractivity contribution in [2.75, 3.05) is 19.8 Å². The third-order valence-electron chi connectivity index (χ3n) is 6.63. The standard InChI is InChI=1S/C26H30N2O7/c1-15(29)24(25(31)32)28-23(30)12-16-13-34-11-10-22(16)27-26(33)35-14-21-19-8-4-2-6-17(19)18-7-3-5-9-20(18)21/h2-9,15-16,21-22,24,29H,10-14H2,1H3,(H,27,33)(H,28,30)(H,31,32). The lowest BCUT2D eigenvalue weighted by Gasteiger charge is -2.32. The lowest BCUT2D eigenvalue weighted by Crippen LogP contribution is -2.51. The molecule has 0 spiro atoms. The summed E-state index contributed by atoms with van der Waals surface area (Å²) in [7, 11) is 0. The summed E-state index contributed by atoms with van der Waals surface area (Å²) in [4.78, 5) is 36.3. The maximum atomic E-state index is 12.7. The highest BCUT2D eigenvalue weighted by Gasteiger charge is 2.33. The van der Waals surface area contributed by atoms with Crippen LogP contribution >= 0.6 is 0 Å². The van der Waals surface area contributed by atoms with Crippen LogP contribution in [0.2, 0.25) is 0 Å². The van der Waals surface area contributed by atoms with Gasteiger partial charge in [-0.3, -0.25) is 4.79 Å². The number of fused-ring (bicyclic) bond motifs is 3. The van der Waals surface area contributed by atoms with Gasteiger partial charge in [-0.15, -0.1) is 0 Å². The molecule has 2 aromatic carbocycles. The maximum absolute atomic E-state index is 12.7. The smallest absolute Gasteiger partial charge is 0.407 e. The summed E-state index contributed by atoms with van der Waals surface area (Å²) in [6.07, 6.45) is -1.36. The summed E-state index contributed by atoms with van der Waals surface area (Å²) in [5, 5.41) is 23.9. The molecular formula is C26H30N2O7. The van der Waals surface area contributed by atoms with E-state index in [9.17, 15) is 19.5 Å². The number of alkyl carbamates (subject to hydrolysis) is 1. The lowest BCUT2D eigenvalue weighted by molar-refractivity contribution is -0.145. The van der Waals surface area contributed by atoms with E-state index in [-0.39, 0.29) is 37.5 Å². The van der Waals surface area contributed by atoms with Crippen molar-refractivity contribution >= 4 is 18.0 Å². The van der Waals surface area contributed by atoms with Crippen LogP contribution in [0.25, 0.3) is 11.1 Å². The number of amides is 2. The number of carbonyl (C=O) groups is 3. The Morgan fingerprint density at radius 2 is 1.71 bits per heavy atom. The van der Waals surface area contributed by atoms with Crippen molar-refractivity contribution in [2.24, 2.45) is 5.92 Å². The van der Waals surface area contributed by atoms with Crippen molar-refractivity contribution in [3.8, 4) is 11.1 Å².